The molecule has 0 saturated carbocycles. The number of furan rings is 1. The zero-order chi connectivity index (χ0) is 21.5. The summed E-state index contributed by atoms with van der Waals surface area (Å²) in [5, 5.41) is 14.6. The van der Waals surface area contributed by atoms with Crippen molar-refractivity contribution >= 4 is 17.8 Å². The molecule has 1 N–H and O–H groups in total. The summed E-state index contributed by atoms with van der Waals surface area (Å²) in [6, 6.07) is 14.5. The minimum Gasteiger partial charge on any atom is -0.493 e. The Labute approximate surface area is 172 Å². The Morgan fingerprint density at radius 1 is 1.17 bits per heavy atom. The number of nitro groups is 1. The predicted molar refractivity (Wildman–Crippen MR) is 109 cm³/mol. The molecule has 0 unspecified atom stereocenters. The van der Waals surface area contributed by atoms with Gasteiger partial charge in [0.25, 0.3) is 5.69 Å². The molecule has 9 nitrogen and oxygen atoms in total. The van der Waals surface area contributed by atoms with Crippen LogP contribution < -0.4 is 14.9 Å². The van der Waals surface area contributed by atoms with Crippen molar-refractivity contribution in [1.29, 1.82) is 0 Å². The van der Waals surface area contributed by atoms with E-state index in [9.17, 15) is 14.9 Å². The second-order valence-corrected chi connectivity index (χ2v) is 6.23. The molecule has 1 amide bonds. The number of carbonyl (C=O) groups is 1. The molecule has 2 aromatic carbocycles. The quantitative estimate of drug-likeness (QED) is 0.343. The molecule has 9 heteroatoms. The van der Waals surface area contributed by atoms with Crippen LogP contribution in [0.5, 0.6) is 11.5 Å². The van der Waals surface area contributed by atoms with E-state index in [0.717, 1.165) is 5.56 Å². The Morgan fingerprint density at radius 3 is 2.57 bits per heavy atom. The molecular weight excluding hydrogens is 390 g/mol. The maximum Gasteiger partial charge on any atom is 0.307 e. The van der Waals surface area contributed by atoms with Gasteiger partial charge in [-0.25, -0.2) is 5.43 Å². The molecule has 0 aliphatic rings. The molecule has 0 fully saturated rings. The number of hydrazone groups is 1. The van der Waals surface area contributed by atoms with Gasteiger partial charge in [0, 0.05) is 12.1 Å². The lowest BCUT2D eigenvalue weighted by Crippen LogP contribution is -2.16. The molecular formula is C21H19N3O6. The number of carbonyl (C=O) groups excluding carboxylic acids is 1. The van der Waals surface area contributed by atoms with Crippen molar-refractivity contribution in [3.63, 3.8) is 0 Å². The first-order chi connectivity index (χ1) is 14.5. The summed E-state index contributed by atoms with van der Waals surface area (Å²) in [7, 11) is 1.51. The molecule has 3 aromatic rings. The Kier molecular flexibility index (Phi) is 6.43. The SMILES string of the molecule is COc1cc(/C=N/NC(=O)c2ccc(C)o2)ccc1OCc1ccc([N+](=O)[O-])cc1. The number of amides is 1. The highest BCUT2D eigenvalue weighted by atomic mass is 16.6. The summed E-state index contributed by atoms with van der Waals surface area (Å²) in [5.41, 5.74) is 3.88. The summed E-state index contributed by atoms with van der Waals surface area (Å²) < 4.78 is 16.3. The summed E-state index contributed by atoms with van der Waals surface area (Å²) in [4.78, 5) is 22.2. The van der Waals surface area contributed by atoms with Crippen LogP contribution in [0, 0.1) is 17.0 Å². The molecule has 154 valence electrons. The van der Waals surface area contributed by atoms with E-state index in [4.69, 9.17) is 13.9 Å². The number of aryl methyl sites for hydroxylation is 1. The molecule has 3 rings (SSSR count). The van der Waals surface area contributed by atoms with Gasteiger partial charge in [-0.1, -0.05) is 0 Å². The van der Waals surface area contributed by atoms with Gasteiger partial charge in [-0.05, 0) is 60.5 Å². The Balaban J connectivity index is 1.61. The number of nitrogens with one attached hydrogen (secondary N) is 1. The Hall–Kier alpha value is -4.14. The third-order valence-electron chi connectivity index (χ3n) is 4.07. The van der Waals surface area contributed by atoms with Gasteiger partial charge in [0.1, 0.15) is 12.4 Å². The van der Waals surface area contributed by atoms with E-state index < -0.39 is 10.8 Å². The van der Waals surface area contributed by atoms with Gasteiger partial charge in [0.15, 0.2) is 17.3 Å². The lowest BCUT2D eigenvalue weighted by atomic mass is 10.2. The number of non-ortho nitro benzene ring substituents is 1. The molecule has 0 atom stereocenters. The largest absolute Gasteiger partial charge is 0.493 e. The summed E-state index contributed by atoms with van der Waals surface area (Å²) in [6.07, 6.45) is 1.47. The highest BCUT2D eigenvalue weighted by molar-refractivity contribution is 5.92. The topological polar surface area (TPSA) is 116 Å². The van der Waals surface area contributed by atoms with Crippen LogP contribution in [0.2, 0.25) is 0 Å². The first-order valence-electron chi connectivity index (χ1n) is 8.90. The molecule has 0 spiro atoms. The van der Waals surface area contributed by atoms with E-state index in [2.05, 4.69) is 10.5 Å². The van der Waals surface area contributed by atoms with E-state index in [-0.39, 0.29) is 18.1 Å². The first kappa shape index (κ1) is 20.6. The van der Waals surface area contributed by atoms with Crippen molar-refractivity contribution in [1.82, 2.24) is 5.43 Å². The molecule has 0 aliphatic carbocycles. The molecule has 30 heavy (non-hydrogen) atoms. The molecule has 0 aliphatic heterocycles. The minimum absolute atomic E-state index is 0.0224. The van der Waals surface area contributed by atoms with Crippen molar-refractivity contribution in [2.75, 3.05) is 7.11 Å². The number of nitrogens with zero attached hydrogens (tertiary/aromatic N) is 2. The maximum atomic E-state index is 11.9. The number of ether oxygens (including phenoxy) is 2. The normalized spacial score (nSPS) is 10.7. The van der Waals surface area contributed by atoms with Crippen molar-refractivity contribution in [3.05, 3.63) is 87.4 Å². The zero-order valence-electron chi connectivity index (χ0n) is 16.3. The van der Waals surface area contributed by atoms with Crippen LogP contribution in [-0.2, 0) is 6.61 Å². The lowest BCUT2D eigenvalue weighted by Gasteiger charge is -2.11. The van der Waals surface area contributed by atoms with E-state index >= 15 is 0 Å². The van der Waals surface area contributed by atoms with E-state index in [1.165, 1.54) is 25.5 Å². The summed E-state index contributed by atoms with van der Waals surface area (Å²) in [5.74, 6) is 1.35. The van der Waals surface area contributed by atoms with Gasteiger partial charge in [0.05, 0.1) is 18.2 Å². The van der Waals surface area contributed by atoms with Gasteiger partial charge in [-0.3, -0.25) is 14.9 Å². The van der Waals surface area contributed by atoms with Crippen LogP contribution in [0.1, 0.15) is 27.4 Å². The fraction of sp³-hybridized carbons (Fsp3) is 0.143. The van der Waals surface area contributed by atoms with Crippen molar-refractivity contribution < 1.29 is 23.6 Å². The first-order valence-corrected chi connectivity index (χ1v) is 8.90. The van der Waals surface area contributed by atoms with Gasteiger partial charge in [-0.15, -0.1) is 0 Å². The monoisotopic (exact) mass is 409 g/mol. The fourth-order valence-electron chi connectivity index (χ4n) is 2.54. The second kappa shape index (κ2) is 9.37. The van der Waals surface area contributed by atoms with Gasteiger partial charge in [0.2, 0.25) is 0 Å². The lowest BCUT2D eigenvalue weighted by molar-refractivity contribution is -0.384. The number of methoxy groups -OCH3 is 1. The number of benzene rings is 2. The minimum atomic E-state index is -0.452. The molecule has 1 heterocycles. The number of nitro benzene ring substituents is 1. The smallest absolute Gasteiger partial charge is 0.307 e. The third kappa shape index (κ3) is 5.22. The molecule has 0 radical (unpaired) electrons. The summed E-state index contributed by atoms with van der Waals surface area (Å²) >= 11 is 0. The number of rotatable bonds is 8. The van der Waals surface area contributed by atoms with E-state index in [0.29, 0.717) is 22.8 Å². The average molecular weight is 409 g/mol. The van der Waals surface area contributed by atoms with Crippen LogP contribution in [-0.4, -0.2) is 24.2 Å². The van der Waals surface area contributed by atoms with Crippen LogP contribution in [0.4, 0.5) is 5.69 Å². The standard InChI is InChI=1S/C21H19N3O6/c1-14-3-9-19(30-14)21(25)23-22-12-16-6-10-18(20(11-16)28-2)29-13-15-4-7-17(8-5-15)24(26)27/h3-12H,13H2,1-2H3,(H,23,25)/b22-12+. The highest BCUT2D eigenvalue weighted by Gasteiger charge is 2.09. The Morgan fingerprint density at radius 2 is 1.93 bits per heavy atom. The van der Waals surface area contributed by atoms with Gasteiger partial charge in [-0.2, -0.15) is 5.10 Å². The third-order valence-corrected chi connectivity index (χ3v) is 4.07. The van der Waals surface area contributed by atoms with Crippen molar-refractivity contribution in [2.45, 2.75) is 13.5 Å². The summed E-state index contributed by atoms with van der Waals surface area (Å²) in [6.45, 7) is 1.97. The van der Waals surface area contributed by atoms with Crippen molar-refractivity contribution in [2.24, 2.45) is 5.10 Å². The molecule has 1 aromatic heterocycles. The average Bonchev–Trinajstić information content (AvgIpc) is 3.19. The van der Waals surface area contributed by atoms with Crippen LogP contribution in [0.25, 0.3) is 0 Å². The zero-order valence-corrected chi connectivity index (χ0v) is 16.3. The van der Waals surface area contributed by atoms with Gasteiger partial charge < -0.3 is 13.9 Å². The molecule has 0 saturated heterocycles. The second-order valence-electron chi connectivity index (χ2n) is 6.23. The fourth-order valence-corrected chi connectivity index (χ4v) is 2.54. The molecule has 0 bridgehead atoms. The van der Waals surface area contributed by atoms with E-state index in [1.54, 1.807) is 49.4 Å². The van der Waals surface area contributed by atoms with Crippen molar-refractivity contribution in [3.8, 4) is 11.5 Å². The van der Waals surface area contributed by atoms with Crippen LogP contribution in [0.15, 0.2) is 64.1 Å². The number of hydrogen-bond acceptors (Lipinski definition) is 7. The van der Waals surface area contributed by atoms with Crippen LogP contribution in [0.3, 0.4) is 0 Å². The number of hydrogen-bond donors (Lipinski definition) is 1. The predicted octanol–water partition coefficient (Wildman–Crippen LogP) is 3.85. The highest BCUT2D eigenvalue weighted by Crippen LogP contribution is 2.28. The maximum absolute atomic E-state index is 11.9. The van der Waals surface area contributed by atoms with Gasteiger partial charge >= 0.3 is 5.91 Å². The van der Waals surface area contributed by atoms with E-state index in [1.807, 2.05) is 0 Å². The Bertz CT molecular complexity index is 1070. The van der Waals surface area contributed by atoms with Crippen LogP contribution >= 0.6 is 0 Å².